The Labute approximate surface area is 102 Å². The molecule has 3 nitrogen and oxygen atoms in total. The molecule has 2 aromatic rings. The van der Waals surface area contributed by atoms with Gasteiger partial charge < -0.3 is 10.1 Å². The Balaban J connectivity index is 2.22. The molecule has 1 atom stereocenters. The fourth-order valence-electron chi connectivity index (χ4n) is 2.34. The smallest absolute Gasteiger partial charge is 0.0699 e. The molecule has 0 aliphatic heterocycles. The molecule has 2 rings (SSSR count). The molecule has 0 aliphatic carbocycles. The van der Waals surface area contributed by atoms with Crippen molar-refractivity contribution in [3.8, 4) is 0 Å². The first-order chi connectivity index (χ1) is 8.17. The van der Waals surface area contributed by atoms with Gasteiger partial charge in [-0.25, -0.2) is 0 Å². The molecule has 17 heavy (non-hydrogen) atoms. The molecule has 0 aliphatic rings. The lowest BCUT2D eigenvalue weighted by Crippen LogP contribution is -2.30. The van der Waals surface area contributed by atoms with Crippen LogP contribution in [-0.4, -0.2) is 20.7 Å². The maximum Gasteiger partial charge on any atom is 0.0699 e. The highest BCUT2D eigenvalue weighted by Crippen LogP contribution is 2.24. The third-order valence-corrected chi connectivity index (χ3v) is 3.37. The minimum atomic E-state index is -0.580. The van der Waals surface area contributed by atoms with E-state index in [1.807, 2.05) is 19.2 Å². The van der Waals surface area contributed by atoms with Crippen molar-refractivity contribution in [2.24, 2.45) is 0 Å². The van der Waals surface area contributed by atoms with Gasteiger partial charge in [0.1, 0.15) is 0 Å². The maximum atomic E-state index is 10.5. The number of H-pyrrole nitrogens is 1. The lowest BCUT2D eigenvalue weighted by Gasteiger charge is -2.25. The second-order valence-electron chi connectivity index (χ2n) is 4.76. The molecule has 2 heterocycles. The van der Waals surface area contributed by atoms with Gasteiger partial charge in [0, 0.05) is 35.4 Å². The number of pyridine rings is 1. The molecule has 0 saturated heterocycles. The zero-order valence-electron chi connectivity index (χ0n) is 10.5. The number of aliphatic hydroxyl groups is 1. The molecule has 2 N–H and O–H groups in total. The van der Waals surface area contributed by atoms with E-state index in [4.69, 9.17) is 0 Å². The van der Waals surface area contributed by atoms with Crippen LogP contribution in [0.1, 0.15) is 38.8 Å². The minimum absolute atomic E-state index is 0.580. The van der Waals surface area contributed by atoms with Gasteiger partial charge in [-0.1, -0.05) is 20.3 Å². The van der Waals surface area contributed by atoms with E-state index in [0.717, 1.165) is 35.9 Å². The van der Waals surface area contributed by atoms with Gasteiger partial charge in [0.25, 0.3) is 0 Å². The number of hydrogen-bond acceptors (Lipinski definition) is 2. The van der Waals surface area contributed by atoms with Crippen molar-refractivity contribution in [3.05, 3.63) is 30.2 Å². The van der Waals surface area contributed by atoms with Crippen molar-refractivity contribution in [2.75, 3.05) is 0 Å². The Morgan fingerprint density at radius 3 is 2.88 bits per heavy atom. The van der Waals surface area contributed by atoms with Crippen molar-refractivity contribution in [1.82, 2.24) is 9.97 Å². The van der Waals surface area contributed by atoms with Gasteiger partial charge in [-0.15, -0.1) is 0 Å². The van der Waals surface area contributed by atoms with Crippen LogP contribution in [0.25, 0.3) is 10.9 Å². The van der Waals surface area contributed by atoms with E-state index >= 15 is 0 Å². The highest BCUT2D eigenvalue weighted by Gasteiger charge is 2.24. The van der Waals surface area contributed by atoms with Gasteiger partial charge in [-0.2, -0.15) is 0 Å². The van der Waals surface area contributed by atoms with E-state index in [-0.39, 0.29) is 0 Å². The number of aromatic nitrogens is 2. The number of fused-ring (bicyclic) bond motifs is 1. The Morgan fingerprint density at radius 1 is 1.41 bits per heavy atom. The van der Waals surface area contributed by atoms with Crippen molar-refractivity contribution < 1.29 is 5.11 Å². The van der Waals surface area contributed by atoms with Crippen molar-refractivity contribution in [1.29, 1.82) is 0 Å². The van der Waals surface area contributed by atoms with Crippen LogP contribution in [-0.2, 0) is 6.42 Å². The highest BCUT2D eigenvalue weighted by atomic mass is 16.3. The predicted molar refractivity (Wildman–Crippen MR) is 69.9 cm³/mol. The summed E-state index contributed by atoms with van der Waals surface area (Å²) < 4.78 is 0. The van der Waals surface area contributed by atoms with E-state index in [0.29, 0.717) is 6.42 Å². The summed E-state index contributed by atoms with van der Waals surface area (Å²) in [6, 6.07) is 4.04. The van der Waals surface area contributed by atoms with E-state index in [2.05, 4.69) is 23.0 Å². The summed E-state index contributed by atoms with van der Waals surface area (Å²) >= 11 is 0. The molecular weight excluding hydrogens is 212 g/mol. The fourth-order valence-corrected chi connectivity index (χ4v) is 2.34. The van der Waals surface area contributed by atoms with Gasteiger partial charge in [0.2, 0.25) is 0 Å². The molecular formula is C14H20N2O. The summed E-state index contributed by atoms with van der Waals surface area (Å²) in [4.78, 5) is 7.44. The van der Waals surface area contributed by atoms with Gasteiger partial charge in [-0.05, 0) is 25.0 Å². The number of nitrogens with zero attached hydrogens (tertiary/aromatic N) is 1. The summed E-state index contributed by atoms with van der Waals surface area (Å²) in [5.74, 6) is 0. The van der Waals surface area contributed by atoms with E-state index in [1.54, 1.807) is 6.20 Å². The summed E-state index contributed by atoms with van der Waals surface area (Å²) in [5.41, 5.74) is 1.60. The van der Waals surface area contributed by atoms with E-state index in [9.17, 15) is 5.11 Å². The van der Waals surface area contributed by atoms with Gasteiger partial charge in [-0.3, -0.25) is 4.98 Å². The summed E-state index contributed by atoms with van der Waals surface area (Å²) in [6.45, 7) is 4.15. The Bertz CT molecular complexity index is 459. The first kappa shape index (κ1) is 12.1. The molecule has 3 heteroatoms. The van der Waals surface area contributed by atoms with Crippen LogP contribution in [0, 0.1) is 0 Å². The average molecular weight is 232 g/mol. The summed E-state index contributed by atoms with van der Waals surface area (Å²) in [5, 5.41) is 11.6. The average Bonchev–Trinajstić information content (AvgIpc) is 2.71. The van der Waals surface area contributed by atoms with Gasteiger partial charge in [0.15, 0.2) is 0 Å². The Morgan fingerprint density at radius 2 is 2.24 bits per heavy atom. The Kier molecular flexibility index (Phi) is 3.48. The predicted octanol–water partition coefficient (Wildman–Crippen LogP) is 3.05. The molecule has 1 unspecified atom stereocenters. The van der Waals surface area contributed by atoms with Gasteiger partial charge in [0.05, 0.1) is 5.60 Å². The Hall–Kier alpha value is -1.35. The minimum Gasteiger partial charge on any atom is -0.389 e. The summed E-state index contributed by atoms with van der Waals surface area (Å²) in [6.07, 6.45) is 6.95. The maximum absolute atomic E-state index is 10.5. The van der Waals surface area contributed by atoms with Crippen LogP contribution in [0.3, 0.4) is 0 Å². The quantitative estimate of drug-likeness (QED) is 0.832. The van der Waals surface area contributed by atoms with Gasteiger partial charge >= 0.3 is 0 Å². The SMILES string of the molecule is CCCC(O)(CC)Cc1cc2cnccc2[nH]1. The number of rotatable bonds is 5. The lowest BCUT2D eigenvalue weighted by atomic mass is 9.90. The molecule has 0 radical (unpaired) electrons. The van der Waals surface area contributed by atoms with Crippen LogP contribution < -0.4 is 0 Å². The molecule has 0 aromatic carbocycles. The second-order valence-corrected chi connectivity index (χ2v) is 4.76. The van der Waals surface area contributed by atoms with Crippen molar-refractivity contribution in [2.45, 2.75) is 45.1 Å². The monoisotopic (exact) mass is 232 g/mol. The zero-order valence-corrected chi connectivity index (χ0v) is 10.5. The van der Waals surface area contributed by atoms with Crippen molar-refractivity contribution in [3.63, 3.8) is 0 Å². The topological polar surface area (TPSA) is 48.9 Å². The third-order valence-electron chi connectivity index (χ3n) is 3.37. The number of aromatic amines is 1. The largest absolute Gasteiger partial charge is 0.389 e. The number of hydrogen-bond donors (Lipinski definition) is 2. The van der Waals surface area contributed by atoms with E-state index < -0.39 is 5.60 Å². The van der Waals surface area contributed by atoms with Crippen LogP contribution in [0.15, 0.2) is 24.5 Å². The van der Waals surface area contributed by atoms with E-state index in [1.165, 1.54) is 0 Å². The second kappa shape index (κ2) is 4.88. The van der Waals surface area contributed by atoms with Crippen LogP contribution in [0.5, 0.6) is 0 Å². The molecule has 92 valence electrons. The standard InChI is InChI=1S/C14H20N2O/c1-3-6-14(17,4-2)9-12-8-11-10-15-7-5-13(11)16-12/h5,7-8,10,16-17H,3-4,6,9H2,1-2H3. The summed E-state index contributed by atoms with van der Waals surface area (Å²) in [7, 11) is 0. The van der Waals surface area contributed by atoms with Crippen LogP contribution in [0.4, 0.5) is 0 Å². The van der Waals surface area contributed by atoms with Crippen LogP contribution in [0.2, 0.25) is 0 Å². The first-order valence-electron chi connectivity index (χ1n) is 6.31. The molecule has 0 amide bonds. The molecule has 0 saturated carbocycles. The highest BCUT2D eigenvalue weighted by molar-refractivity contribution is 5.79. The number of nitrogens with one attached hydrogen (secondary N) is 1. The molecule has 2 aromatic heterocycles. The fraction of sp³-hybridized carbons (Fsp3) is 0.500. The van der Waals surface area contributed by atoms with Crippen LogP contribution >= 0.6 is 0 Å². The first-order valence-corrected chi connectivity index (χ1v) is 6.31. The normalized spacial score (nSPS) is 15.0. The van der Waals surface area contributed by atoms with Crippen molar-refractivity contribution >= 4 is 10.9 Å². The zero-order chi connectivity index (χ0) is 12.3. The lowest BCUT2D eigenvalue weighted by molar-refractivity contribution is 0.0263. The third kappa shape index (κ3) is 2.67. The molecule has 0 bridgehead atoms. The molecule has 0 fully saturated rings. The molecule has 0 spiro atoms.